The van der Waals surface area contributed by atoms with Crippen molar-refractivity contribution in [2.24, 2.45) is 5.73 Å². The summed E-state index contributed by atoms with van der Waals surface area (Å²) in [4.78, 5) is 11.4. The molecule has 0 aliphatic carbocycles. The van der Waals surface area contributed by atoms with Crippen LogP contribution >= 0.6 is 35.4 Å². The quantitative estimate of drug-likeness (QED) is 0.748. The van der Waals surface area contributed by atoms with Crippen LogP contribution in [0.15, 0.2) is 18.2 Å². The highest BCUT2D eigenvalue weighted by Crippen LogP contribution is 2.18. The van der Waals surface area contributed by atoms with Crippen LogP contribution in [0.5, 0.6) is 0 Å². The van der Waals surface area contributed by atoms with Crippen LogP contribution < -0.4 is 11.1 Å². The second-order valence-electron chi connectivity index (χ2n) is 2.48. The number of carbonyl (C=O) groups is 1. The molecule has 0 aromatic heterocycles. The largest absolute Gasteiger partial charge is 0.376 e. The fourth-order valence-electron chi connectivity index (χ4n) is 0.869. The van der Waals surface area contributed by atoms with E-state index < -0.39 is 5.91 Å². The van der Waals surface area contributed by atoms with Crippen LogP contribution in [0.4, 0.5) is 0 Å². The van der Waals surface area contributed by atoms with Crippen LogP contribution in [0.25, 0.3) is 0 Å². The van der Waals surface area contributed by atoms with Crippen molar-refractivity contribution in [2.45, 2.75) is 0 Å². The maximum Gasteiger partial charge on any atom is 0.257 e. The Kier molecular flexibility index (Phi) is 3.69. The summed E-state index contributed by atoms with van der Waals surface area (Å²) >= 11 is 15.9. The van der Waals surface area contributed by atoms with E-state index in [1.807, 2.05) is 0 Å². The van der Waals surface area contributed by atoms with E-state index in [1.54, 1.807) is 0 Å². The summed E-state index contributed by atoms with van der Waals surface area (Å²) in [5.74, 6) is -0.429. The van der Waals surface area contributed by atoms with Crippen LogP contribution in [0.1, 0.15) is 10.4 Å². The van der Waals surface area contributed by atoms with Crippen molar-refractivity contribution in [3.63, 3.8) is 0 Å². The van der Waals surface area contributed by atoms with Gasteiger partial charge in [-0.05, 0) is 30.4 Å². The van der Waals surface area contributed by atoms with Gasteiger partial charge in [0.15, 0.2) is 5.11 Å². The van der Waals surface area contributed by atoms with Gasteiger partial charge in [0.25, 0.3) is 5.91 Å². The van der Waals surface area contributed by atoms with Crippen molar-refractivity contribution in [3.05, 3.63) is 33.8 Å². The van der Waals surface area contributed by atoms with Gasteiger partial charge < -0.3 is 5.73 Å². The van der Waals surface area contributed by atoms with Gasteiger partial charge in [-0.2, -0.15) is 0 Å². The predicted molar refractivity (Wildman–Crippen MR) is 60.7 cm³/mol. The SMILES string of the molecule is NC(=S)NC(=O)c1cc(Cl)cc(Cl)c1. The third-order valence-corrected chi connectivity index (χ3v) is 1.90. The first-order valence-electron chi connectivity index (χ1n) is 3.56. The molecule has 1 amide bonds. The number of nitrogens with one attached hydrogen (secondary N) is 1. The molecule has 3 N–H and O–H groups in total. The molecule has 0 unspecified atom stereocenters. The third kappa shape index (κ3) is 3.14. The first-order valence-corrected chi connectivity index (χ1v) is 4.72. The first-order chi connectivity index (χ1) is 6.49. The number of benzene rings is 1. The maximum atomic E-state index is 11.4. The predicted octanol–water partition coefficient (Wildman–Crippen LogP) is 1.97. The molecule has 3 nitrogen and oxygen atoms in total. The Hall–Kier alpha value is -0.840. The highest BCUT2D eigenvalue weighted by Gasteiger charge is 2.07. The van der Waals surface area contributed by atoms with E-state index in [1.165, 1.54) is 18.2 Å². The van der Waals surface area contributed by atoms with Gasteiger partial charge in [0.2, 0.25) is 0 Å². The second-order valence-corrected chi connectivity index (χ2v) is 3.79. The molecule has 0 fully saturated rings. The number of rotatable bonds is 1. The van der Waals surface area contributed by atoms with Gasteiger partial charge in [0.05, 0.1) is 0 Å². The standard InChI is InChI=1S/C8H6Cl2N2OS/c9-5-1-4(2-6(10)3-5)7(13)12-8(11)14/h1-3H,(H3,11,12,13,14). The van der Waals surface area contributed by atoms with Crippen molar-refractivity contribution >= 4 is 46.4 Å². The van der Waals surface area contributed by atoms with Crippen LogP contribution in [0.3, 0.4) is 0 Å². The summed E-state index contributed by atoms with van der Waals surface area (Å²) in [6, 6.07) is 4.47. The molecule has 0 saturated heterocycles. The Labute approximate surface area is 96.2 Å². The van der Waals surface area contributed by atoms with E-state index in [0.29, 0.717) is 15.6 Å². The van der Waals surface area contributed by atoms with Crippen LogP contribution in [-0.4, -0.2) is 11.0 Å². The first kappa shape index (κ1) is 11.2. The Morgan fingerprint density at radius 1 is 1.29 bits per heavy atom. The molecule has 0 aliphatic rings. The zero-order chi connectivity index (χ0) is 10.7. The van der Waals surface area contributed by atoms with Crippen molar-refractivity contribution in [1.29, 1.82) is 0 Å². The second kappa shape index (κ2) is 4.59. The number of nitrogens with two attached hydrogens (primary N) is 1. The number of amides is 1. The minimum Gasteiger partial charge on any atom is -0.376 e. The molecule has 0 aliphatic heterocycles. The van der Waals surface area contributed by atoms with E-state index in [4.69, 9.17) is 28.9 Å². The highest BCUT2D eigenvalue weighted by molar-refractivity contribution is 7.80. The minimum atomic E-state index is -0.429. The molecule has 6 heteroatoms. The number of carbonyl (C=O) groups excluding carboxylic acids is 1. The van der Waals surface area contributed by atoms with E-state index in [-0.39, 0.29) is 5.11 Å². The number of hydrogen-bond donors (Lipinski definition) is 2. The van der Waals surface area contributed by atoms with Crippen molar-refractivity contribution in [1.82, 2.24) is 5.32 Å². The monoisotopic (exact) mass is 248 g/mol. The summed E-state index contributed by atoms with van der Waals surface area (Å²) in [6.45, 7) is 0. The molecular formula is C8H6Cl2N2OS. The molecular weight excluding hydrogens is 243 g/mol. The molecule has 1 aromatic carbocycles. The molecule has 0 saturated carbocycles. The van der Waals surface area contributed by atoms with Gasteiger partial charge in [-0.25, -0.2) is 0 Å². The van der Waals surface area contributed by atoms with E-state index >= 15 is 0 Å². The molecule has 1 rings (SSSR count). The van der Waals surface area contributed by atoms with Crippen LogP contribution in [0, 0.1) is 0 Å². The van der Waals surface area contributed by atoms with Gasteiger partial charge in [-0.15, -0.1) is 0 Å². The molecule has 0 radical (unpaired) electrons. The van der Waals surface area contributed by atoms with E-state index in [9.17, 15) is 4.79 Å². The summed E-state index contributed by atoms with van der Waals surface area (Å²) < 4.78 is 0. The maximum absolute atomic E-state index is 11.4. The zero-order valence-corrected chi connectivity index (χ0v) is 9.21. The van der Waals surface area contributed by atoms with Gasteiger partial charge in [0, 0.05) is 15.6 Å². The minimum absolute atomic E-state index is 0.0916. The Morgan fingerprint density at radius 2 is 1.79 bits per heavy atom. The molecule has 1 aromatic rings. The Balaban J connectivity index is 2.95. The smallest absolute Gasteiger partial charge is 0.257 e. The molecule has 14 heavy (non-hydrogen) atoms. The summed E-state index contributed by atoms with van der Waals surface area (Å²) in [5.41, 5.74) is 5.46. The van der Waals surface area contributed by atoms with Crippen molar-refractivity contribution in [3.8, 4) is 0 Å². The summed E-state index contributed by atoms with van der Waals surface area (Å²) in [5, 5.41) is 2.94. The number of hydrogen-bond acceptors (Lipinski definition) is 2. The van der Waals surface area contributed by atoms with E-state index in [2.05, 4.69) is 17.5 Å². The Morgan fingerprint density at radius 3 is 2.21 bits per heavy atom. The van der Waals surface area contributed by atoms with Gasteiger partial charge >= 0.3 is 0 Å². The highest BCUT2D eigenvalue weighted by atomic mass is 35.5. The summed E-state index contributed by atoms with van der Waals surface area (Å²) in [6.07, 6.45) is 0. The van der Waals surface area contributed by atoms with Crippen LogP contribution in [-0.2, 0) is 0 Å². The molecule has 0 spiro atoms. The molecule has 0 atom stereocenters. The summed E-state index contributed by atoms with van der Waals surface area (Å²) in [7, 11) is 0. The molecule has 0 bridgehead atoms. The topological polar surface area (TPSA) is 55.1 Å². The fraction of sp³-hybridized carbons (Fsp3) is 0. The fourth-order valence-corrected chi connectivity index (χ4v) is 1.49. The van der Waals surface area contributed by atoms with Crippen LogP contribution in [0.2, 0.25) is 10.0 Å². The lowest BCUT2D eigenvalue weighted by atomic mass is 10.2. The molecule has 0 heterocycles. The normalized spacial score (nSPS) is 9.57. The zero-order valence-electron chi connectivity index (χ0n) is 6.88. The lowest BCUT2D eigenvalue weighted by molar-refractivity contribution is 0.0977. The third-order valence-electron chi connectivity index (χ3n) is 1.36. The average Bonchev–Trinajstić information content (AvgIpc) is 2.00. The van der Waals surface area contributed by atoms with Crippen molar-refractivity contribution < 1.29 is 4.79 Å². The average molecular weight is 249 g/mol. The van der Waals surface area contributed by atoms with Gasteiger partial charge in [-0.3, -0.25) is 10.1 Å². The lowest BCUT2D eigenvalue weighted by Gasteiger charge is -2.03. The lowest BCUT2D eigenvalue weighted by Crippen LogP contribution is -2.34. The van der Waals surface area contributed by atoms with Gasteiger partial charge in [0.1, 0.15) is 0 Å². The van der Waals surface area contributed by atoms with Gasteiger partial charge in [-0.1, -0.05) is 23.2 Å². The molecule has 74 valence electrons. The van der Waals surface area contributed by atoms with Crippen molar-refractivity contribution in [2.75, 3.05) is 0 Å². The van der Waals surface area contributed by atoms with E-state index in [0.717, 1.165) is 0 Å². The number of thiocarbonyl (C=S) groups is 1. The number of halogens is 2. The Bertz CT molecular complexity index is 375.